The largest absolute Gasteiger partial charge is 0.325 e. The van der Waals surface area contributed by atoms with Crippen molar-refractivity contribution >= 4 is 46.1 Å². The molecular weight excluding hydrogens is 476 g/mol. The molecule has 0 radical (unpaired) electrons. The topological polar surface area (TPSA) is 101 Å². The fourth-order valence-corrected chi connectivity index (χ4v) is 5.10. The van der Waals surface area contributed by atoms with Crippen LogP contribution in [0.5, 0.6) is 0 Å². The molecule has 180 valence electrons. The van der Waals surface area contributed by atoms with Crippen LogP contribution in [0.2, 0.25) is 0 Å². The van der Waals surface area contributed by atoms with Gasteiger partial charge < -0.3 is 5.32 Å². The predicted molar refractivity (Wildman–Crippen MR) is 139 cm³/mol. The minimum absolute atomic E-state index is 0.0144. The molecule has 0 fully saturated rings. The number of amides is 3. The molecule has 8 nitrogen and oxygen atoms in total. The van der Waals surface area contributed by atoms with Crippen molar-refractivity contribution in [2.75, 3.05) is 18.1 Å². The number of carbonyl (C=O) groups is 3. The molecule has 0 saturated carbocycles. The highest BCUT2D eigenvalue weighted by atomic mass is 32.2. The van der Waals surface area contributed by atoms with Crippen LogP contribution >= 0.6 is 11.8 Å². The number of imide groups is 1. The first-order chi connectivity index (χ1) is 17.2. The molecule has 1 aliphatic heterocycles. The summed E-state index contributed by atoms with van der Waals surface area (Å²) in [5.74, 6) is -1.12. The number of aromatic nitrogens is 2. The Morgan fingerprint density at radius 1 is 0.917 bits per heavy atom. The first-order valence-corrected chi connectivity index (χ1v) is 12.2. The van der Waals surface area contributed by atoms with Gasteiger partial charge in [-0.2, -0.15) is 0 Å². The number of benzene rings is 3. The van der Waals surface area contributed by atoms with Crippen LogP contribution in [-0.4, -0.2) is 45.0 Å². The second-order valence-corrected chi connectivity index (χ2v) is 9.61. The maximum Gasteiger partial charge on any atom is 0.266 e. The number of nitrogens with one attached hydrogen (secondary N) is 1. The average Bonchev–Trinajstić information content (AvgIpc) is 3.05. The normalized spacial score (nSPS) is 12.8. The van der Waals surface area contributed by atoms with E-state index >= 15 is 0 Å². The van der Waals surface area contributed by atoms with Crippen LogP contribution < -0.4 is 10.9 Å². The number of para-hydroxylation sites is 1. The Morgan fingerprint density at radius 2 is 1.61 bits per heavy atom. The number of nitrogens with zero attached hydrogens (tertiary/aromatic N) is 3. The van der Waals surface area contributed by atoms with E-state index in [2.05, 4.69) is 10.3 Å². The standard InChI is InChI=1S/C27H22N4O4S/c1-15-10-16(2)12-18(11-15)31-26(35)20-6-4-5-7-22(20)29-27(31)36-14-23(32)28-17-8-9-19-21(13-17)25(34)30(3)24(19)33/h4-13H,14H2,1-3H3,(H,28,32). The third-order valence-electron chi connectivity index (χ3n) is 5.92. The van der Waals surface area contributed by atoms with Gasteiger partial charge in [0.1, 0.15) is 0 Å². The second kappa shape index (κ2) is 9.09. The predicted octanol–water partition coefficient (Wildman–Crippen LogP) is 3.96. The third-order valence-corrected chi connectivity index (χ3v) is 6.85. The van der Waals surface area contributed by atoms with E-state index in [4.69, 9.17) is 0 Å². The zero-order valence-corrected chi connectivity index (χ0v) is 20.7. The lowest BCUT2D eigenvalue weighted by Gasteiger charge is -2.14. The summed E-state index contributed by atoms with van der Waals surface area (Å²) < 4.78 is 1.54. The molecule has 0 saturated heterocycles. The van der Waals surface area contributed by atoms with Crippen LogP contribution in [0.15, 0.2) is 70.6 Å². The molecule has 0 spiro atoms. The van der Waals surface area contributed by atoms with Crippen LogP contribution in [0, 0.1) is 13.8 Å². The van der Waals surface area contributed by atoms with Crippen LogP contribution in [-0.2, 0) is 4.79 Å². The van der Waals surface area contributed by atoms with Gasteiger partial charge in [-0.3, -0.25) is 28.6 Å². The molecule has 0 aliphatic carbocycles. The minimum atomic E-state index is -0.404. The average molecular weight is 499 g/mol. The van der Waals surface area contributed by atoms with Gasteiger partial charge in [0.25, 0.3) is 17.4 Å². The van der Waals surface area contributed by atoms with E-state index in [1.807, 2.05) is 38.1 Å². The fraction of sp³-hybridized carbons (Fsp3) is 0.148. The molecule has 5 rings (SSSR count). The van der Waals surface area contributed by atoms with Gasteiger partial charge in [-0.1, -0.05) is 30.0 Å². The van der Waals surface area contributed by atoms with Crippen molar-refractivity contribution in [3.8, 4) is 5.69 Å². The Hall–Kier alpha value is -4.24. The third kappa shape index (κ3) is 4.18. The van der Waals surface area contributed by atoms with Gasteiger partial charge in [-0.05, 0) is 67.4 Å². The van der Waals surface area contributed by atoms with Gasteiger partial charge in [0, 0.05) is 12.7 Å². The summed E-state index contributed by atoms with van der Waals surface area (Å²) in [4.78, 5) is 56.3. The molecule has 0 bridgehead atoms. The molecule has 1 aromatic heterocycles. The van der Waals surface area contributed by atoms with Gasteiger partial charge in [0.15, 0.2) is 5.16 Å². The number of thioether (sulfide) groups is 1. The molecule has 1 N–H and O–H groups in total. The van der Waals surface area contributed by atoms with Crippen molar-refractivity contribution in [2.24, 2.45) is 0 Å². The first-order valence-electron chi connectivity index (χ1n) is 11.2. The number of carbonyl (C=O) groups excluding carboxylic acids is 3. The van der Waals surface area contributed by atoms with E-state index in [0.717, 1.165) is 27.8 Å². The lowest BCUT2D eigenvalue weighted by molar-refractivity contribution is -0.113. The van der Waals surface area contributed by atoms with Gasteiger partial charge >= 0.3 is 0 Å². The van der Waals surface area contributed by atoms with Crippen LogP contribution in [0.1, 0.15) is 31.8 Å². The Kier molecular flexibility index (Phi) is 5.93. The summed E-state index contributed by atoms with van der Waals surface area (Å²) in [7, 11) is 1.42. The molecule has 1 aliphatic rings. The van der Waals surface area contributed by atoms with Crippen molar-refractivity contribution in [3.05, 3.63) is 93.3 Å². The second-order valence-electron chi connectivity index (χ2n) is 8.66. The smallest absolute Gasteiger partial charge is 0.266 e. The zero-order chi connectivity index (χ0) is 25.6. The molecule has 2 heterocycles. The zero-order valence-electron chi connectivity index (χ0n) is 19.9. The number of rotatable bonds is 5. The summed E-state index contributed by atoms with van der Waals surface area (Å²) >= 11 is 1.15. The van der Waals surface area contributed by atoms with E-state index in [-0.39, 0.29) is 28.7 Å². The van der Waals surface area contributed by atoms with Crippen molar-refractivity contribution in [1.29, 1.82) is 0 Å². The number of hydrogen-bond donors (Lipinski definition) is 1. The number of hydrogen-bond acceptors (Lipinski definition) is 6. The number of anilines is 1. The summed E-state index contributed by atoms with van der Waals surface area (Å²) in [5, 5.41) is 3.66. The highest BCUT2D eigenvalue weighted by molar-refractivity contribution is 7.99. The summed E-state index contributed by atoms with van der Waals surface area (Å²) in [6.07, 6.45) is 0. The monoisotopic (exact) mass is 498 g/mol. The van der Waals surface area contributed by atoms with Crippen LogP contribution in [0.25, 0.3) is 16.6 Å². The Bertz CT molecular complexity index is 1620. The maximum absolute atomic E-state index is 13.4. The van der Waals surface area contributed by atoms with Gasteiger partial charge in [0.2, 0.25) is 5.91 Å². The molecule has 9 heteroatoms. The lowest BCUT2D eigenvalue weighted by Crippen LogP contribution is -2.24. The van der Waals surface area contributed by atoms with E-state index < -0.39 is 5.91 Å². The molecule has 36 heavy (non-hydrogen) atoms. The Balaban J connectivity index is 1.44. The summed E-state index contributed by atoms with van der Waals surface area (Å²) in [6.45, 7) is 3.92. The molecule has 4 aromatic rings. The van der Waals surface area contributed by atoms with E-state index in [1.54, 1.807) is 24.3 Å². The molecule has 0 atom stereocenters. The Labute approximate surface area is 211 Å². The quantitative estimate of drug-likeness (QED) is 0.254. The van der Waals surface area contributed by atoms with Crippen LogP contribution in [0.3, 0.4) is 0 Å². The van der Waals surface area contributed by atoms with Gasteiger partial charge in [0.05, 0.1) is 33.5 Å². The van der Waals surface area contributed by atoms with Crippen molar-refractivity contribution in [1.82, 2.24) is 14.5 Å². The highest BCUT2D eigenvalue weighted by Gasteiger charge is 2.32. The van der Waals surface area contributed by atoms with Gasteiger partial charge in [-0.25, -0.2) is 4.98 Å². The number of aryl methyl sites for hydroxylation is 2. The van der Waals surface area contributed by atoms with Crippen molar-refractivity contribution < 1.29 is 14.4 Å². The first kappa shape index (κ1) is 23.5. The lowest BCUT2D eigenvalue weighted by atomic mass is 10.1. The van der Waals surface area contributed by atoms with Crippen molar-refractivity contribution in [2.45, 2.75) is 19.0 Å². The highest BCUT2D eigenvalue weighted by Crippen LogP contribution is 2.26. The Morgan fingerprint density at radius 3 is 2.36 bits per heavy atom. The van der Waals surface area contributed by atoms with E-state index in [9.17, 15) is 19.2 Å². The SMILES string of the molecule is Cc1cc(C)cc(-n2c(SCC(=O)Nc3ccc4c(c3)C(=O)N(C)C4=O)nc3ccccc3c2=O)c1. The van der Waals surface area contributed by atoms with E-state index in [1.165, 1.54) is 23.7 Å². The molecule has 3 aromatic carbocycles. The molecule has 3 amide bonds. The van der Waals surface area contributed by atoms with Crippen LogP contribution in [0.4, 0.5) is 5.69 Å². The number of fused-ring (bicyclic) bond motifs is 2. The van der Waals surface area contributed by atoms with E-state index in [0.29, 0.717) is 33.0 Å². The van der Waals surface area contributed by atoms with Gasteiger partial charge in [-0.15, -0.1) is 0 Å². The minimum Gasteiger partial charge on any atom is -0.325 e. The molecular formula is C27H22N4O4S. The van der Waals surface area contributed by atoms with Crippen molar-refractivity contribution in [3.63, 3.8) is 0 Å². The summed E-state index contributed by atoms with van der Waals surface area (Å²) in [6, 6.07) is 17.6. The maximum atomic E-state index is 13.4. The molecule has 0 unspecified atom stereocenters. The fourth-order valence-electron chi connectivity index (χ4n) is 4.28. The summed E-state index contributed by atoms with van der Waals surface area (Å²) in [5.41, 5.74) is 4.03.